The minimum atomic E-state index is -0.458. The van der Waals surface area contributed by atoms with E-state index in [4.69, 9.17) is 4.74 Å². The molecule has 1 aliphatic carbocycles. The number of allylic oxidation sites excluding steroid dienone is 1. The van der Waals surface area contributed by atoms with Gasteiger partial charge in [-0.1, -0.05) is 19.3 Å². The van der Waals surface area contributed by atoms with E-state index in [1.807, 2.05) is 29.8 Å². The van der Waals surface area contributed by atoms with Gasteiger partial charge in [0.25, 0.3) is 5.91 Å². The molecule has 33 heavy (non-hydrogen) atoms. The van der Waals surface area contributed by atoms with Crippen molar-refractivity contribution < 1.29 is 14.3 Å². The van der Waals surface area contributed by atoms with Crippen LogP contribution in [0.3, 0.4) is 0 Å². The molecule has 3 N–H and O–H groups in total. The Morgan fingerprint density at radius 2 is 2.03 bits per heavy atom. The van der Waals surface area contributed by atoms with Gasteiger partial charge >= 0.3 is 5.97 Å². The van der Waals surface area contributed by atoms with Crippen LogP contribution in [-0.2, 0) is 9.53 Å². The highest BCUT2D eigenvalue weighted by Crippen LogP contribution is 2.42. The number of anilines is 2. The number of benzene rings is 1. The summed E-state index contributed by atoms with van der Waals surface area (Å²) < 4.78 is 6.96. The van der Waals surface area contributed by atoms with E-state index in [-0.39, 0.29) is 30.2 Å². The van der Waals surface area contributed by atoms with E-state index in [2.05, 4.69) is 25.9 Å². The van der Waals surface area contributed by atoms with E-state index in [1.165, 1.54) is 6.42 Å². The third-order valence-corrected chi connectivity index (χ3v) is 6.54. The molecule has 1 saturated carbocycles. The number of carbonyl (C=O) groups is 2. The maximum atomic E-state index is 13.6. The highest BCUT2D eigenvalue weighted by molar-refractivity contribution is 6.06. The fourth-order valence-electron chi connectivity index (χ4n) is 5.02. The minimum absolute atomic E-state index is 0.169. The van der Waals surface area contributed by atoms with Gasteiger partial charge in [-0.25, -0.2) is 9.48 Å². The van der Waals surface area contributed by atoms with Gasteiger partial charge in [0, 0.05) is 22.8 Å². The molecule has 1 aromatic carbocycles. The predicted octanol–water partition coefficient (Wildman–Crippen LogP) is 4.40. The number of aromatic amines is 1. The van der Waals surface area contributed by atoms with E-state index < -0.39 is 5.97 Å². The normalized spacial score (nSPS) is 18.7. The summed E-state index contributed by atoms with van der Waals surface area (Å²) in [7, 11) is 0. The van der Waals surface area contributed by atoms with Crippen molar-refractivity contribution in [2.75, 3.05) is 17.2 Å². The summed E-state index contributed by atoms with van der Waals surface area (Å²) in [5, 5.41) is 18.8. The molecule has 1 atom stereocenters. The van der Waals surface area contributed by atoms with E-state index in [1.54, 1.807) is 19.2 Å². The van der Waals surface area contributed by atoms with Crippen molar-refractivity contribution in [2.45, 2.75) is 52.0 Å². The number of rotatable bonds is 5. The largest absolute Gasteiger partial charge is 0.461 e. The maximum absolute atomic E-state index is 13.6. The second-order valence-electron chi connectivity index (χ2n) is 8.71. The fraction of sp³-hybridized carbons (Fsp3) is 0.417. The van der Waals surface area contributed by atoms with Crippen LogP contribution >= 0.6 is 0 Å². The van der Waals surface area contributed by atoms with Crippen LogP contribution in [0, 0.1) is 5.92 Å². The summed E-state index contributed by atoms with van der Waals surface area (Å²) in [6.07, 6.45) is 7.22. The predicted molar refractivity (Wildman–Crippen MR) is 125 cm³/mol. The van der Waals surface area contributed by atoms with Crippen molar-refractivity contribution in [1.29, 1.82) is 0 Å². The van der Waals surface area contributed by atoms with Gasteiger partial charge in [-0.15, -0.1) is 0 Å². The van der Waals surface area contributed by atoms with Crippen molar-refractivity contribution >= 4 is 34.3 Å². The number of amides is 1. The van der Waals surface area contributed by atoms with E-state index >= 15 is 0 Å². The molecule has 172 valence electrons. The first kappa shape index (κ1) is 21.2. The second-order valence-corrected chi connectivity index (χ2v) is 8.71. The molecule has 0 saturated heterocycles. The second kappa shape index (κ2) is 8.73. The lowest BCUT2D eigenvalue weighted by Gasteiger charge is -2.36. The molecule has 0 spiro atoms. The van der Waals surface area contributed by atoms with Gasteiger partial charge in [0.05, 0.1) is 29.9 Å². The van der Waals surface area contributed by atoms with Gasteiger partial charge in [-0.3, -0.25) is 9.89 Å². The summed E-state index contributed by atoms with van der Waals surface area (Å²) in [5.74, 6) is 0.349. The Morgan fingerprint density at radius 3 is 2.82 bits per heavy atom. The Hall–Kier alpha value is -3.62. The van der Waals surface area contributed by atoms with Crippen molar-refractivity contribution in [3.63, 3.8) is 0 Å². The number of H-pyrrole nitrogens is 1. The molecule has 0 radical (unpaired) electrons. The molecule has 3 aromatic rings. The molecule has 1 amide bonds. The Morgan fingerprint density at radius 1 is 1.21 bits per heavy atom. The summed E-state index contributed by atoms with van der Waals surface area (Å²) in [6.45, 7) is 3.96. The molecule has 5 rings (SSSR count). The third-order valence-electron chi connectivity index (χ3n) is 6.54. The Kier molecular flexibility index (Phi) is 5.62. The molecule has 0 bridgehead atoms. The van der Waals surface area contributed by atoms with Gasteiger partial charge < -0.3 is 15.4 Å². The van der Waals surface area contributed by atoms with E-state index in [0.717, 1.165) is 42.3 Å². The number of hydrogen-bond donors (Lipinski definition) is 3. The standard InChI is InChI=1S/C24H28N6O3/c1-3-33-24(32)19-12-20-26-14(2)21(22(30(20)29-19)15-7-5-4-6-8-15)23(31)27-17-9-10-18-16(11-17)13-25-28-18/h9-13,15,22,26H,3-8H2,1-2H3,(H,25,28)(H,27,31). The van der Waals surface area contributed by atoms with Crippen LogP contribution in [0.2, 0.25) is 0 Å². The Labute approximate surface area is 191 Å². The summed E-state index contributed by atoms with van der Waals surface area (Å²) in [5.41, 5.74) is 3.29. The molecule has 2 aliphatic rings. The Bertz CT molecular complexity index is 1230. The lowest BCUT2D eigenvalue weighted by molar-refractivity contribution is -0.113. The van der Waals surface area contributed by atoms with Gasteiger partial charge in [0.2, 0.25) is 0 Å². The van der Waals surface area contributed by atoms with Gasteiger partial charge in [0.15, 0.2) is 5.69 Å². The zero-order valence-corrected chi connectivity index (χ0v) is 18.9. The molecule has 9 nitrogen and oxygen atoms in total. The molecular formula is C24H28N6O3. The summed E-state index contributed by atoms with van der Waals surface area (Å²) in [4.78, 5) is 25.9. The van der Waals surface area contributed by atoms with Crippen molar-refractivity contribution in [3.8, 4) is 0 Å². The first-order chi connectivity index (χ1) is 16.0. The van der Waals surface area contributed by atoms with E-state index in [9.17, 15) is 9.59 Å². The molecule has 9 heteroatoms. The van der Waals surface area contributed by atoms with Crippen LogP contribution in [0.5, 0.6) is 0 Å². The topological polar surface area (TPSA) is 114 Å². The first-order valence-electron chi connectivity index (χ1n) is 11.5. The van der Waals surface area contributed by atoms with Crippen LogP contribution in [0.25, 0.3) is 10.9 Å². The number of esters is 1. The lowest BCUT2D eigenvalue weighted by atomic mass is 9.79. The van der Waals surface area contributed by atoms with Crippen molar-refractivity contribution in [3.05, 3.63) is 47.4 Å². The smallest absolute Gasteiger partial charge is 0.358 e. The average molecular weight is 449 g/mol. The van der Waals surface area contributed by atoms with Gasteiger partial charge in [-0.2, -0.15) is 10.2 Å². The first-order valence-corrected chi connectivity index (χ1v) is 11.5. The number of carbonyl (C=O) groups excluding carboxylic acids is 2. The SMILES string of the molecule is CCOC(=O)c1cc2n(n1)C(C1CCCCC1)C(C(=O)Nc1ccc3[nH]ncc3c1)=C(C)N2. The number of nitrogens with one attached hydrogen (secondary N) is 3. The minimum Gasteiger partial charge on any atom is -0.461 e. The molecule has 1 unspecified atom stereocenters. The van der Waals surface area contributed by atoms with Crippen LogP contribution in [0.15, 0.2) is 41.7 Å². The van der Waals surface area contributed by atoms with Crippen LogP contribution < -0.4 is 10.6 Å². The Balaban J connectivity index is 1.50. The zero-order valence-electron chi connectivity index (χ0n) is 18.9. The lowest BCUT2D eigenvalue weighted by Crippen LogP contribution is -2.35. The van der Waals surface area contributed by atoms with Crippen LogP contribution in [-0.4, -0.2) is 38.5 Å². The number of hydrogen-bond acceptors (Lipinski definition) is 6. The summed E-state index contributed by atoms with van der Waals surface area (Å²) in [6, 6.07) is 7.12. The monoisotopic (exact) mass is 448 g/mol. The van der Waals surface area contributed by atoms with Crippen molar-refractivity contribution in [2.24, 2.45) is 5.92 Å². The molecule has 1 aliphatic heterocycles. The highest BCUT2D eigenvalue weighted by Gasteiger charge is 2.38. The molecule has 3 heterocycles. The maximum Gasteiger partial charge on any atom is 0.358 e. The van der Waals surface area contributed by atoms with Crippen molar-refractivity contribution in [1.82, 2.24) is 20.0 Å². The average Bonchev–Trinajstić information content (AvgIpc) is 3.45. The molecule has 1 fully saturated rings. The van der Waals surface area contributed by atoms with Crippen LogP contribution in [0.1, 0.15) is 62.5 Å². The van der Waals surface area contributed by atoms with Gasteiger partial charge in [-0.05, 0) is 50.8 Å². The van der Waals surface area contributed by atoms with E-state index in [0.29, 0.717) is 17.1 Å². The zero-order chi connectivity index (χ0) is 22.9. The quantitative estimate of drug-likeness (QED) is 0.499. The summed E-state index contributed by atoms with van der Waals surface area (Å²) >= 11 is 0. The van der Waals surface area contributed by atoms with Crippen LogP contribution in [0.4, 0.5) is 11.5 Å². The molecule has 2 aromatic heterocycles. The molecular weight excluding hydrogens is 420 g/mol. The number of fused-ring (bicyclic) bond motifs is 2. The number of nitrogens with zero attached hydrogens (tertiary/aromatic N) is 3. The third kappa shape index (κ3) is 3.99. The van der Waals surface area contributed by atoms with Gasteiger partial charge in [0.1, 0.15) is 5.82 Å². The number of ether oxygens (including phenoxy) is 1. The number of aromatic nitrogens is 4. The fourth-order valence-corrected chi connectivity index (χ4v) is 5.02. The highest BCUT2D eigenvalue weighted by atomic mass is 16.5.